The van der Waals surface area contributed by atoms with Gasteiger partial charge < -0.3 is 14.8 Å². The molecule has 0 atom stereocenters. The van der Waals surface area contributed by atoms with E-state index in [2.05, 4.69) is 29.1 Å². The van der Waals surface area contributed by atoms with Gasteiger partial charge in [-0.05, 0) is 52.3 Å². The van der Waals surface area contributed by atoms with Crippen molar-refractivity contribution in [3.63, 3.8) is 0 Å². The Kier molecular flexibility index (Phi) is 6.97. The molecule has 0 saturated carbocycles. The average molecular weight is 432 g/mol. The van der Waals surface area contributed by atoms with Gasteiger partial charge in [0.2, 0.25) is 5.91 Å². The summed E-state index contributed by atoms with van der Waals surface area (Å²) in [6.45, 7) is 10.9. The number of ether oxygens (including phenoxy) is 2. The Labute approximate surface area is 179 Å². The van der Waals surface area contributed by atoms with Gasteiger partial charge in [-0.3, -0.25) is 4.79 Å². The molecule has 1 amide bonds. The van der Waals surface area contributed by atoms with Crippen LogP contribution in [0.5, 0.6) is 11.5 Å². The second-order valence-corrected chi connectivity index (χ2v) is 8.57. The lowest BCUT2D eigenvalue weighted by Gasteiger charge is -2.13. The first-order chi connectivity index (χ1) is 13.9. The van der Waals surface area contributed by atoms with Gasteiger partial charge in [-0.1, -0.05) is 11.8 Å². The standard InChI is InChI=1S/C21H25N3O3S2/c1-6-26-15-8-9-17(27-7-2)16(10-15)24-18(25)11-28-20-19-12(3)13(4)29-21(19)23-14(5)22-20/h8-10H,6-7,11H2,1-5H3,(H,24,25). The summed E-state index contributed by atoms with van der Waals surface area (Å²) in [4.78, 5) is 24.0. The zero-order valence-electron chi connectivity index (χ0n) is 17.3. The highest BCUT2D eigenvalue weighted by Gasteiger charge is 2.16. The van der Waals surface area contributed by atoms with Gasteiger partial charge in [-0.25, -0.2) is 9.97 Å². The zero-order chi connectivity index (χ0) is 21.0. The summed E-state index contributed by atoms with van der Waals surface area (Å²) in [7, 11) is 0. The molecule has 154 valence electrons. The van der Waals surface area contributed by atoms with E-state index in [4.69, 9.17) is 9.47 Å². The molecule has 0 spiro atoms. The van der Waals surface area contributed by atoms with Gasteiger partial charge in [0.1, 0.15) is 27.2 Å². The number of nitrogens with one attached hydrogen (secondary N) is 1. The number of thiophene rings is 1. The highest BCUT2D eigenvalue weighted by atomic mass is 32.2. The van der Waals surface area contributed by atoms with Crippen LogP contribution in [0.3, 0.4) is 0 Å². The highest BCUT2D eigenvalue weighted by molar-refractivity contribution is 8.00. The van der Waals surface area contributed by atoms with Crippen LogP contribution in [0.15, 0.2) is 23.2 Å². The highest BCUT2D eigenvalue weighted by Crippen LogP contribution is 2.35. The Morgan fingerprint density at radius 3 is 2.62 bits per heavy atom. The first-order valence-electron chi connectivity index (χ1n) is 9.49. The number of rotatable bonds is 8. The largest absolute Gasteiger partial charge is 0.494 e. The number of aryl methyl sites for hydroxylation is 3. The van der Waals surface area contributed by atoms with E-state index in [1.54, 1.807) is 17.4 Å². The van der Waals surface area contributed by atoms with E-state index in [0.717, 1.165) is 15.2 Å². The van der Waals surface area contributed by atoms with Gasteiger partial charge in [-0.15, -0.1) is 11.3 Å². The molecule has 1 aromatic carbocycles. The van der Waals surface area contributed by atoms with Crippen LogP contribution in [0.4, 0.5) is 5.69 Å². The van der Waals surface area contributed by atoms with Crippen LogP contribution in [0.1, 0.15) is 30.1 Å². The van der Waals surface area contributed by atoms with Gasteiger partial charge in [0.15, 0.2) is 0 Å². The van der Waals surface area contributed by atoms with Crippen LogP contribution >= 0.6 is 23.1 Å². The molecule has 0 aliphatic heterocycles. The predicted molar refractivity (Wildman–Crippen MR) is 120 cm³/mol. The first-order valence-corrected chi connectivity index (χ1v) is 11.3. The van der Waals surface area contributed by atoms with E-state index < -0.39 is 0 Å². The van der Waals surface area contributed by atoms with E-state index in [-0.39, 0.29) is 11.7 Å². The molecule has 0 aliphatic carbocycles. The number of nitrogens with zero attached hydrogens (tertiary/aromatic N) is 2. The molecule has 1 N–H and O–H groups in total. The molecule has 3 aromatic rings. The number of carbonyl (C=O) groups excluding carboxylic acids is 1. The van der Waals surface area contributed by atoms with Crippen LogP contribution in [0.25, 0.3) is 10.2 Å². The summed E-state index contributed by atoms with van der Waals surface area (Å²) in [6, 6.07) is 5.43. The summed E-state index contributed by atoms with van der Waals surface area (Å²) < 4.78 is 11.2. The van der Waals surface area contributed by atoms with Crippen molar-refractivity contribution in [2.24, 2.45) is 0 Å². The molecule has 0 unspecified atom stereocenters. The molecule has 8 heteroatoms. The van der Waals surface area contributed by atoms with E-state index in [1.165, 1.54) is 22.2 Å². The first kappa shape index (κ1) is 21.4. The molecule has 0 fully saturated rings. The third-order valence-corrected chi connectivity index (χ3v) is 6.36. The summed E-state index contributed by atoms with van der Waals surface area (Å²) >= 11 is 3.09. The van der Waals surface area contributed by atoms with E-state index in [9.17, 15) is 4.79 Å². The Morgan fingerprint density at radius 2 is 1.90 bits per heavy atom. The van der Waals surface area contributed by atoms with Crippen molar-refractivity contribution in [1.29, 1.82) is 0 Å². The molecule has 2 aromatic heterocycles. The summed E-state index contributed by atoms with van der Waals surface area (Å²) in [5.41, 5.74) is 1.78. The summed E-state index contributed by atoms with van der Waals surface area (Å²) in [5.74, 6) is 2.14. The molecule has 29 heavy (non-hydrogen) atoms. The number of benzene rings is 1. The molecule has 0 saturated heterocycles. The van der Waals surface area contributed by atoms with E-state index in [0.29, 0.717) is 36.2 Å². The van der Waals surface area contributed by atoms with Crippen molar-refractivity contribution in [2.45, 2.75) is 39.6 Å². The van der Waals surface area contributed by atoms with Crippen LogP contribution in [0, 0.1) is 20.8 Å². The number of fused-ring (bicyclic) bond motifs is 1. The molecule has 3 rings (SSSR count). The number of thioether (sulfide) groups is 1. The lowest BCUT2D eigenvalue weighted by molar-refractivity contribution is -0.113. The predicted octanol–water partition coefficient (Wildman–Crippen LogP) is 5.14. The van der Waals surface area contributed by atoms with Crippen molar-refractivity contribution < 1.29 is 14.3 Å². The number of amides is 1. The fourth-order valence-corrected chi connectivity index (χ4v) is 4.95. The summed E-state index contributed by atoms with van der Waals surface area (Å²) in [6.07, 6.45) is 0. The third-order valence-electron chi connectivity index (χ3n) is 4.28. The Morgan fingerprint density at radius 1 is 1.14 bits per heavy atom. The molecule has 2 heterocycles. The van der Waals surface area contributed by atoms with Crippen molar-refractivity contribution >= 4 is 44.9 Å². The summed E-state index contributed by atoms with van der Waals surface area (Å²) in [5, 5.41) is 4.83. The Hall–Kier alpha value is -2.32. The minimum Gasteiger partial charge on any atom is -0.494 e. The van der Waals surface area contributed by atoms with Gasteiger partial charge in [0.05, 0.1) is 24.7 Å². The van der Waals surface area contributed by atoms with Crippen LogP contribution in [0.2, 0.25) is 0 Å². The minimum atomic E-state index is -0.126. The van der Waals surface area contributed by atoms with Gasteiger partial charge in [0, 0.05) is 16.3 Å². The normalized spacial score (nSPS) is 10.9. The van der Waals surface area contributed by atoms with Crippen molar-refractivity contribution in [2.75, 3.05) is 24.3 Å². The van der Waals surface area contributed by atoms with Gasteiger partial charge in [0.25, 0.3) is 0 Å². The molecular weight excluding hydrogens is 406 g/mol. The molecule has 6 nitrogen and oxygen atoms in total. The van der Waals surface area contributed by atoms with Crippen molar-refractivity contribution in [3.05, 3.63) is 34.5 Å². The fraction of sp³-hybridized carbons (Fsp3) is 0.381. The number of carbonyl (C=O) groups is 1. The third kappa shape index (κ3) is 5.00. The lowest BCUT2D eigenvalue weighted by Crippen LogP contribution is -2.15. The Bertz CT molecular complexity index is 1030. The number of hydrogen-bond donors (Lipinski definition) is 1. The second-order valence-electron chi connectivity index (χ2n) is 6.40. The number of anilines is 1. The lowest BCUT2D eigenvalue weighted by atomic mass is 10.2. The van der Waals surface area contributed by atoms with Crippen molar-refractivity contribution in [1.82, 2.24) is 9.97 Å². The molecular formula is C21H25N3O3S2. The maximum atomic E-state index is 12.7. The quantitative estimate of drug-likeness (QED) is 0.393. The second kappa shape index (κ2) is 9.45. The SMILES string of the molecule is CCOc1ccc(OCC)c(NC(=O)CSc2nc(C)nc3sc(C)c(C)c23)c1. The van der Waals surface area contributed by atoms with Crippen molar-refractivity contribution in [3.8, 4) is 11.5 Å². The van der Waals surface area contributed by atoms with E-state index in [1.807, 2.05) is 32.9 Å². The van der Waals surface area contributed by atoms with Crippen LogP contribution in [-0.4, -0.2) is 34.8 Å². The fourth-order valence-electron chi connectivity index (χ4n) is 2.88. The monoisotopic (exact) mass is 431 g/mol. The smallest absolute Gasteiger partial charge is 0.234 e. The minimum absolute atomic E-state index is 0.126. The topological polar surface area (TPSA) is 73.3 Å². The maximum absolute atomic E-state index is 12.7. The van der Waals surface area contributed by atoms with E-state index >= 15 is 0 Å². The Balaban J connectivity index is 1.77. The van der Waals surface area contributed by atoms with Gasteiger partial charge >= 0.3 is 0 Å². The average Bonchev–Trinajstić information content (AvgIpc) is 2.96. The molecule has 0 aliphatic rings. The molecule has 0 radical (unpaired) electrons. The van der Waals surface area contributed by atoms with Crippen LogP contribution < -0.4 is 14.8 Å². The maximum Gasteiger partial charge on any atom is 0.234 e. The molecule has 0 bridgehead atoms. The van der Waals surface area contributed by atoms with Crippen LogP contribution in [-0.2, 0) is 4.79 Å². The number of aromatic nitrogens is 2. The number of hydrogen-bond acceptors (Lipinski definition) is 7. The van der Waals surface area contributed by atoms with Gasteiger partial charge in [-0.2, -0.15) is 0 Å². The zero-order valence-corrected chi connectivity index (χ0v) is 18.9.